The highest BCUT2D eigenvalue weighted by molar-refractivity contribution is 7.99. The predicted octanol–water partition coefficient (Wildman–Crippen LogP) is 3.86. The van der Waals surface area contributed by atoms with Gasteiger partial charge in [0.2, 0.25) is 0 Å². The van der Waals surface area contributed by atoms with E-state index in [1.165, 1.54) is 18.9 Å². The summed E-state index contributed by atoms with van der Waals surface area (Å²) in [6, 6.07) is 6.48. The van der Waals surface area contributed by atoms with E-state index < -0.39 is 0 Å². The van der Waals surface area contributed by atoms with Gasteiger partial charge in [-0.05, 0) is 23.8 Å². The van der Waals surface area contributed by atoms with Crippen molar-refractivity contribution in [2.45, 2.75) is 32.6 Å². The molecule has 0 saturated carbocycles. The normalized spacial score (nSPS) is 10.5. The van der Waals surface area contributed by atoms with Crippen LogP contribution in [-0.2, 0) is 11.2 Å². The van der Waals surface area contributed by atoms with Gasteiger partial charge in [-0.2, -0.15) is 11.8 Å². The second-order valence-electron chi connectivity index (χ2n) is 4.07. The summed E-state index contributed by atoms with van der Waals surface area (Å²) in [5.74, 6) is 1.35. The third-order valence-electron chi connectivity index (χ3n) is 2.50. The molecule has 1 nitrogen and oxygen atoms in total. The van der Waals surface area contributed by atoms with Crippen LogP contribution in [0.4, 0.5) is 4.39 Å². The molecule has 0 aliphatic rings. The predicted molar refractivity (Wildman–Crippen MR) is 72.0 cm³/mol. The van der Waals surface area contributed by atoms with Crippen molar-refractivity contribution in [2.24, 2.45) is 0 Å². The van der Waals surface area contributed by atoms with Crippen molar-refractivity contribution in [2.75, 3.05) is 11.5 Å². The number of carbonyl (C=O) groups excluding carboxylic acids is 1. The Hall–Kier alpha value is -0.830. The Morgan fingerprint density at radius 1 is 1.29 bits per heavy atom. The van der Waals surface area contributed by atoms with Crippen LogP contribution < -0.4 is 0 Å². The Bertz CT molecular complexity index is 352. The number of unbranched alkanes of at least 4 members (excludes halogenated alkanes) is 2. The molecule has 0 aromatic heterocycles. The second kappa shape index (κ2) is 8.29. The summed E-state index contributed by atoms with van der Waals surface area (Å²) in [6.07, 6.45) is 3.79. The summed E-state index contributed by atoms with van der Waals surface area (Å²) in [5, 5.41) is 0. The van der Waals surface area contributed by atoms with E-state index in [1.54, 1.807) is 30.0 Å². The highest BCUT2D eigenvalue weighted by Crippen LogP contribution is 2.11. The van der Waals surface area contributed by atoms with E-state index in [2.05, 4.69) is 6.92 Å². The van der Waals surface area contributed by atoms with Gasteiger partial charge in [0.05, 0.1) is 5.75 Å². The van der Waals surface area contributed by atoms with E-state index >= 15 is 0 Å². The minimum Gasteiger partial charge on any atom is -0.298 e. The second-order valence-corrected chi connectivity index (χ2v) is 5.17. The number of hydrogen-bond donors (Lipinski definition) is 0. The van der Waals surface area contributed by atoms with Gasteiger partial charge in [0.15, 0.2) is 0 Å². The number of hydrogen-bond acceptors (Lipinski definition) is 2. The standard InChI is InChI=1S/C14H19FOS/c1-2-3-6-9-17-11-13(16)10-12-7-4-5-8-14(12)15/h4-5,7-8H,2-3,6,9-11H2,1H3. The molecule has 1 aromatic rings. The van der Waals surface area contributed by atoms with Crippen molar-refractivity contribution >= 4 is 17.5 Å². The van der Waals surface area contributed by atoms with Crippen LogP contribution in [-0.4, -0.2) is 17.3 Å². The summed E-state index contributed by atoms with van der Waals surface area (Å²) < 4.78 is 13.3. The van der Waals surface area contributed by atoms with Gasteiger partial charge >= 0.3 is 0 Å². The van der Waals surface area contributed by atoms with Crippen LogP contribution in [0.25, 0.3) is 0 Å². The van der Waals surface area contributed by atoms with Crippen LogP contribution in [0.3, 0.4) is 0 Å². The smallest absolute Gasteiger partial charge is 0.147 e. The molecule has 0 spiro atoms. The van der Waals surface area contributed by atoms with E-state index in [4.69, 9.17) is 0 Å². The Morgan fingerprint density at radius 2 is 2.06 bits per heavy atom. The quantitative estimate of drug-likeness (QED) is 0.655. The maximum Gasteiger partial charge on any atom is 0.147 e. The first-order valence-corrected chi connectivity index (χ1v) is 7.22. The Labute approximate surface area is 107 Å². The molecule has 1 rings (SSSR count). The molecule has 17 heavy (non-hydrogen) atoms. The van der Waals surface area contributed by atoms with Crippen LogP contribution in [0.2, 0.25) is 0 Å². The molecule has 3 heteroatoms. The van der Waals surface area contributed by atoms with Crippen LogP contribution in [0.1, 0.15) is 31.7 Å². The van der Waals surface area contributed by atoms with Crippen molar-refractivity contribution in [1.29, 1.82) is 0 Å². The molecular formula is C14H19FOS. The monoisotopic (exact) mass is 254 g/mol. The molecular weight excluding hydrogens is 235 g/mol. The van der Waals surface area contributed by atoms with Gasteiger partial charge in [-0.3, -0.25) is 4.79 Å². The minimum absolute atomic E-state index is 0.108. The molecule has 0 unspecified atom stereocenters. The van der Waals surface area contributed by atoms with Crippen LogP contribution >= 0.6 is 11.8 Å². The van der Waals surface area contributed by atoms with Crippen molar-refractivity contribution < 1.29 is 9.18 Å². The number of carbonyl (C=O) groups is 1. The molecule has 94 valence electrons. The molecule has 0 aliphatic heterocycles. The lowest BCUT2D eigenvalue weighted by Gasteiger charge is -2.03. The van der Waals surface area contributed by atoms with Gasteiger partial charge in [0.25, 0.3) is 0 Å². The van der Waals surface area contributed by atoms with Crippen molar-refractivity contribution in [3.8, 4) is 0 Å². The zero-order chi connectivity index (χ0) is 12.5. The summed E-state index contributed by atoms with van der Waals surface area (Å²) in [7, 11) is 0. The third kappa shape index (κ3) is 5.87. The molecule has 0 saturated heterocycles. The lowest BCUT2D eigenvalue weighted by molar-refractivity contribution is -0.116. The first kappa shape index (κ1) is 14.2. The molecule has 0 fully saturated rings. The number of Topliss-reactive ketones (excluding diaryl/α,β-unsaturated/α-hetero) is 1. The van der Waals surface area contributed by atoms with Crippen molar-refractivity contribution in [3.05, 3.63) is 35.6 Å². The van der Waals surface area contributed by atoms with E-state index in [1.807, 2.05) is 0 Å². The number of halogens is 1. The summed E-state index contributed by atoms with van der Waals surface area (Å²) in [6.45, 7) is 2.16. The minimum atomic E-state index is -0.281. The fraction of sp³-hybridized carbons (Fsp3) is 0.500. The molecule has 0 N–H and O–H groups in total. The Morgan fingerprint density at radius 3 is 2.76 bits per heavy atom. The fourth-order valence-electron chi connectivity index (χ4n) is 1.55. The number of thioether (sulfide) groups is 1. The zero-order valence-corrected chi connectivity index (χ0v) is 11.1. The Kier molecular flexibility index (Phi) is 6.94. The zero-order valence-electron chi connectivity index (χ0n) is 10.2. The molecule has 0 amide bonds. The average Bonchev–Trinajstić information content (AvgIpc) is 2.32. The largest absolute Gasteiger partial charge is 0.298 e. The van der Waals surface area contributed by atoms with E-state index in [0.29, 0.717) is 11.3 Å². The topological polar surface area (TPSA) is 17.1 Å². The van der Waals surface area contributed by atoms with Gasteiger partial charge in [0.1, 0.15) is 11.6 Å². The molecule has 0 atom stereocenters. The first-order chi connectivity index (χ1) is 8.24. The fourth-order valence-corrected chi connectivity index (χ4v) is 2.43. The van der Waals surface area contributed by atoms with Crippen molar-refractivity contribution in [3.63, 3.8) is 0 Å². The van der Waals surface area contributed by atoms with Gasteiger partial charge in [-0.15, -0.1) is 0 Å². The highest BCUT2D eigenvalue weighted by atomic mass is 32.2. The molecule has 0 bridgehead atoms. The van der Waals surface area contributed by atoms with Gasteiger partial charge in [-0.25, -0.2) is 4.39 Å². The van der Waals surface area contributed by atoms with E-state index in [0.717, 1.165) is 12.2 Å². The van der Waals surface area contributed by atoms with E-state index in [9.17, 15) is 9.18 Å². The number of rotatable bonds is 8. The molecule has 0 heterocycles. The van der Waals surface area contributed by atoms with Crippen LogP contribution in [0.5, 0.6) is 0 Å². The first-order valence-electron chi connectivity index (χ1n) is 6.07. The summed E-state index contributed by atoms with van der Waals surface area (Å²) in [5.41, 5.74) is 0.506. The maximum atomic E-state index is 13.3. The van der Waals surface area contributed by atoms with Crippen LogP contribution in [0.15, 0.2) is 24.3 Å². The van der Waals surface area contributed by atoms with Crippen LogP contribution in [0, 0.1) is 5.82 Å². The lowest BCUT2D eigenvalue weighted by atomic mass is 10.1. The van der Waals surface area contributed by atoms with E-state index in [-0.39, 0.29) is 18.0 Å². The highest BCUT2D eigenvalue weighted by Gasteiger charge is 2.07. The average molecular weight is 254 g/mol. The van der Waals surface area contributed by atoms with Gasteiger partial charge in [-0.1, -0.05) is 38.0 Å². The molecule has 0 aliphatic carbocycles. The SMILES string of the molecule is CCCCCSCC(=O)Cc1ccccc1F. The third-order valence-corrected chi connectivity index (χ3v) is 3.60. The summed E-state index contributed by atoms with van der Waals surface area (Å²) in [4.78, 5) is 11.6. The lowest BCUT2D eigenvalue weighted by Crippen LogP contribution is -2.07. The molecule has 1 aromatic carbocycles. The number of benzene rings is 1. The van der Waals surface area contributed by atoms with Crippen molar-refractivity contribution in [1.82, 2.24) is 0 Å². The maximum absolute atomic E-state index is 13.3. The molecule has 0 radical (unpaired) electrons. The Balaban J connectivity index is 2.23. The number of ketones is 1. The summed E-state index contributed by atoms with van der Waals surface area (Å²) >= 11 is 1.65. The van der Waals surface area contributed by atoms with Gasteiger partial charge in [0, 0.05) is 6.42 Å². The van der Waals surface area contributed by atoms with Gasteiger partial charge < -0.3 is 0 Å².